The summed E-state index contributed by atoms with van der Waals surface area (Å²) >= 11 is 2.04. The second-order valence-electron chi connectivity index (χ2n) is 8.28. The van der Waals surface area contributed by atoms with Gasteiger partial charge in [0.15, 0.2) is 10.1 Å². The first-order valence-electron chi connectivity index (χ1n) is 9.76. The fourth-order valence-corrected chi connectivity index (χ4v) is 5.62. The van der Waals surface area contributed by atoms with Crippen molar-refractivity contribution in [3.63, 3.8) is 0 Å². The number of carbonyl (C=O) groups is 2. The van der Waals surface area contributed by atoms with E-state index in [2.05, 4.69) is 0 Å². The lowest BCUT2D eigenvalue weighted by Gasteiger charge is -2.41. The molecule has 33 heavy (non-hydrogen) atoms. The average Bonchev–Trinajstić information content (AvgIpc) is 3.25. The van der Waals surface area contributed by atoms with E-state index in [1.807, 2.05) is 22.6 Å². The Morgan fingerprint density at radius 1 is 1.24 bits per heavy atom. The maximum Gasteiger partial charge on any atom is 0.396 e. The summed E-state index contributed by atoms with van der Waals surface area (Å²) in [5.74, 6) is -9.06. The first-order chi connectivity index (χ1) is 15.2. The van der Waals surface area contributed by atoms with Crippen molar-refractivity contribution in [1.29, 1.82) is 0 Å². The van der Waals surface area contributed by atoms with E-state index in [1.165, 1.54) is 0 Å². The van der Waals surface area contributed by atoms with Crippen LogP contribution in [0.2, 0.25) is 0 Å². The summed E-state index contributed by atoms with van der Waals surface area (Å²) in [5.41, 5.74) is 0.282. The van der Waals surface area contributed by atoms with Crippen LogP contribution in [0.15, 0.2) is 18.2 Å². The molecule has 2 saturated carbocycles. The van der Waals surface area contributed by atoms with Gasteiger partial charge in [-0.3, -0.25) is 4.79 Å². The quantitative estimate of drug-likeness (QED) is 0.209. The molecule has 2 bridgehead atoms. The van der Waals surface area contributed by atoms with E-state index >= 15 is 0 Å². The van der Waals surface area contributed by atoms with Gasteiger partial charge in [-0.25, -0.2) is 13.2 Å². The number of benzene rings is 1. The highest BCUT2D eigenvalue weighted by molar-refractivity contribution is 14.1. The summed E-state index contributed by atoms with van der Waals surface area (Å²) < 4.78 is 102. The van der Waals surface area contributed by atoms with Gasteiger partial charge < -0.3 is 18.8 Å². The van der Waals surface area contributed by atoms with Gasteiger partial charge in [0, 0.05) is 15.9 Å². The van der Waals surface area contributed by atoms with Crippen LogP contribution in [0.25, 0.3) is 0 Å². The van der Waals surface area contributed by atoms with Gasteiger partial charge in [-0.05, 0) is 59.5 Å². The van der Waals surface area contributed by atoms with Crippen LogP contribution >= 0.6 is 22.6 Å². The van der Waals surface area contributed by atoms with Crippen molar-refractivity contribution in [1.82, 2.24) is 0 Å². The third kappa shape index (κ3) is 4.07. The van der Waals surface area contributed by atoms with E-state index in [0.29, 0.717) is 12.2 Å². The lowest BCUT2D eigenvalue weighted by atomic mass is 9.84. The Balaban J connectivity index is 1.36. The molecule has 0 radical (unpaired) electrons. The molecule has 3 aliphatic rings. The fourth-order valence-electron chi connectivity index (χ4n) is 4.67. The Morgan fingerprint density at radius 2 is 1.94 bits per heavy atom. The van der Waals surface area contributed by atoms with Gasteiger partial charge in [0.1, 0.15) is 11.3 Å². The Morgan fingerprint density at radius 3 is 2.55 bits per heavy atom. The number of hydrogen-bond donors (Lipinski definition) is 0. The van der Waals surface area contributed by atoms with E-state index < -0.39 is 58.0 Å². The van der Waals surface area contributed by atoms with Crippen LogP contribution in [-0.4, -0.2) is 48.5 Å². The summed E-state index contributed by atoms with van der Waals surface area (Å²) in [6.45, 7) is -1.20. The minimum Gasteiger partial charge on any atom is -0.743 e. The van der Waals surface area contributed by atoms with Crippen LogP contribution in [-0.2, 0) is 24.4 Å². The molecule has 4 unspecified atom stereocenters. The molecule has 1 heterocycles. The molecule has 4 atom stereocenters. The van der Waals surface area contributed by atoms with Crippen molar-refractivity contribution in [2.24, 2.45) is 17.8 Å². The van der Waals surface area contributed by atoms with Crippen LogP contribution in [0.4, 0.5) is 17.6 Å². The van der Waals surface area contributed by atoms with Crippen LogP contribution in [0.5, 0.6) is 5.75 Å². The topological polar surface area (TPSA) is 119 Å². The van der Waals surface area contributed by atoms with Crippen LogP contribution in [0, 0.1) is 21.3 Å². The third-order valence-corrected chi connectivity index (χ3v) is 7.87. The van der Waals surface area contributed by atoms with E-state index in [4.69, 9.17) is 14.2 Å². The van der Waals surface area contributed by atoms with Gasteiger partial charge in [-0.15, -0.1) is 0 Å². The standard InChI is InChI=1S/C19H17F4IO8S/c20-18(21,19(22,23)33(27,28)29)3-4-30-15(25)12-6-10-5-9(12)8-17(10)31-14-2-1-11(24)7-13(14)16(26)32-17/h1-2,7,9-10,12H,3-6,8H2,(H,27,28,29)/p-1. The smallest absolute Gasteiger partial charge is 0.396 e. The van der Waals surface area contributed by atoms with Gasteiger partial charge in [-0.2, -0.15) is 17.6 Å². The molecule has 14 heteroatoms. The minimum atomic E-state index is -6.61. The highest BCUT2D eigenvalue weighted by Gasteiger charge is 2.63. The molecule has 4 rings (SSSR count). The first-order valence-corrected chi connectivity index (χ1v) is 12.3. The molecule has 0 saturated heterocycles. The summed E-state index contributed by atoms with van der Waals surface area (Å²) in [6, 6.07) is 5.03. The number of ether oxygens (including phenoxy) is 3. The Kier molecular flexibility index (Phi) is 5.88. The second kappa shape index (κ2) is 7.93. The average molecular weight is 607 g/mol. The molecule has 1 spiro atoms. The maximum absolute atomic E-state index is 13.5. The van der Waals surface area contributed by atoms with Crippen molar-refractivity contribution in [3.05, 3.63) is 27.3 Å². The van der Waals surface area contributed by atoms with E-state index in [0.717, 1.165) is 3.57 Å². The third-order valence-electron chi connectivity index (χ3n) is 6.28. The maximum atomic E-state index is 13.5. The molecule has 2 fully saturated rings. The zero-order valence-corrected chi connectivity index (χ0v) is 19.5. The largest absolute Gasteiger partial charge is 0.743 e. The SMILES string of the molecule is O=C1OC2(CC3CC2CC3C(=O)OCCC(F)(F)C(F)(F)S(=O)(=O)[O-])Oc2ccc(I)cc21. The lowest BCUT2D eigenvalue weighted by Crippen LogP contribution is -2.50. The normalized spacial score (nSPS) is 28.9. The molecule has 0 N–H and O–H groups in total. The number of alkyl halides is 4. The number of carbonyl (C=O) groups excluding carboxylic acids is 2. The monoisotopic (exact) mass is 607 g/mol. The predicted molar refractivity (Wildman–Crippen MR) is 107 cm³/mol. The van der Waals surface area contributed by atoms with Crippen LogP contribution < -0.4 is 4.74 Å². The van der Waals surface area contributed by atoms with Crippen molar-refractivity contribution < 1.29 is 54.3 Å². The van der Waals surface area contributed by atoms with Crippen molar-refractivity contribution in [2.75, 3.05) is 6.61 Å². The number of fused-ring (bicyclic) bond motifs is 4. The van der Waals surface area contributed by atoms with Gasteiger partial charge in [0.25, 0.3) is 5.79 Å². The van der Waals surface area contributed by atoms with Gasteiger partial charge >= 0.3 is 23.1 Å². The van der Waals surface area contributed by atoms with E-state index in [9.17, 15) is 40.1 Å². The lowest BCUT2D eigenvalue weighted by molar-refractivity contribution is -0.194. The number of rotatable bonds is 6. The van der Waals surface area contributed by atoms with Gasteiger partial charge in [0.2, 0.25) is 0 Å². The first kappa shape index (κ1) is 24.4. The molecular formula is C19H16F4IO8S-. The highest BCUT2D eigenvalue weighted by atomic mass is 127. The number of halogens is 5. The van der Waals surface area contributed by atoms with Crippen LogP contribution in [0.3, 0.4) is 0 Å². The van der Waals surface area contributed by atoms with E-state index in [1.54, 1.807) is 18.2 Å². The summed E-state index contributed by atoms with van der Waals surface area (Å²) in [6.07, 6.45) is -1.07. The Bertz CT molecular complexity index is 1110. The number of esters is 2. The predicted octanol–water partition coefficient (Wildman–Crippen LogP) is 3.29. The van der Waals surface area contributed by atoms with E-state index in [-0.39, 0.29) is 30.2 Å². The molecule has 2 aliphatic carbocycles. The highest BCUT2D eigenvalue weighted by Crippen LogP contribution is 2.57. The summed E-state index contributed by atoms with van der Waals surface area (Å²) in [4.78, 5) is 24.8. The van der Waals surface area contributed by atoms with Crippen molar-refractivity contribution >= 4 is 44.6 Å². The minimum absolute atomic E-state index is 0.164. The summed E-state index contributed by atoms with van der Waals surface area (Å²) in [7, 11) is -6.61. The molecule has 0 aromatic heterocycles. The Labute approximate surface area is 198 Å². The van der Waals surface area contributed by atoms with Crippen LogP contribution in [0.1, 0.15) is 36.0 Å². The molecule has 8 nitrogen and oxygen atoms in total. The summed E-state index contributed by atoms with van der Waals surface area (Å²) in [5, 5.41) is -5.83. The molecule has 1 aliphatic heterocycles. The van der Waals surface area contributed by atoms with Crippen molar-refractivity contribution in [2.45, 2.75) is 42.6 Å². The molecule has 182 valence electrons. The zero-order valence-electron chi connectivity index (χ0n) is 16.6. The Hall–Kier alpha value is -1.68. The van der Waals surface area contributed by atoms with Gasteiger partial charge in [-0.1, -0.05) is 0 Å². The van der Waals surface area contributed by atoms with Gasteiger partial charge in [0.05, 0.1) is 18.9 Å². The van der Waals surface area contributed by atoms with Crippen molar-refractivity contribution in [3.8, 4) is 5.75 Å². The fraction of sp³-hybridized carbons (Fsp3) is 0.579. The molecular weight excluding hydrogens is 591 g/mol. The number of hydrogen-bond acceptors (Lipinski definition) is 8. The second-order valence-corrected chi connectivity index (χ2v) is 10.9. The zero-order chi connectivity index (χ0) is 24.4. The molecule has 1 aromatic rings. The molecule has 1 aromatic carbocycles. The molecule has 0 amide bonds.